The maximum atomic E-state index is 12.7. The Bertz CT molecular complexity index is 1130. The van der Waals surface area contributed by atoms with Gasteiger partial charge in [0.1, 0.15) is 0 Å². The van der Waals surface area contributed by atoms with E-state index in [0.29, 0.717) is 16.5 Å². The van der Waals surface area contributed by atoms with E-state index >= 15 is 0 Å². The van der Waals surface area contributed by atoms with E-state index < -0.39 is 18.0 Å². The summed E-state index contributed by atoms with van der Waals surface area (Å²) in [6, 6.07) is 14.2. The largest absolute Gasteiger partial charge is 0.448 e. The summed E-state index contributed by atoms with van der Waals surface area (Å²) in [7, 11) is 1.46. The van der Waals surface area contributed by atoms with Crippen molar-refractivity contribution in [2.75, 3.05) is 5.32 Å². The van der Waals surface area contributed by atoms with Crippen LogP contribution in [-0.4, -0.2) is 27.8 Å². The number of amides is 1. The third-order valence-corrected chi connectivity index (χ3v) is 4.64. The number of esters is 1. The fourth-order valence-electron chi connectivity index (χ4n) is 3.07. The molecule has 1 amide bonds. The van der Waals surface area contributed by atoms with E-state index in [0.717, 1.165) is 10.2 Å². The molecule has 3 rings (SSSR count). The van der Waals surface area contributed by atoms with Crippen molar-refractivity contribution in [3.8, 4) is 0 Å². The molecule has 2 aromatic carbocycles. The van der Waals surface area contributed by atoms with Crippen LogP contribution in [0.2, 0.25) is 0 Å². The minimum Gasteiger partial charge on any atom is -0.448 e. The molecule has 0 unspecified atom stereocenters. The van der Waals surface area contributed by atoms with E-state index in [4.69, 9.17) is 4.74 Å². The fourth-order valence-corrected chi connectivity index (χ4v) is 3.07. The Morgan fingerprint density at radius 3 is 2.31 bits per heavy atom. The molecule has 29 heavy (non-hydrogen) atoms. The third-order valence-electron chi connectivity index (χ3n) is 4.64. The summed E-state index contributed by atoms with van der Waals surface area (Å²) in [5.74, 6) is -0.984. The van der Waals surface area contributed by atoms with Crippen LogP contribution in [0.5, 0.6) is 0 Å². The average molecular weight is 393 g/mol. The van der Waals surface area contributed by atoms with Crippen LogP contribution in [0.15, 0.2) is 53.3 Å². The number of hydrogen-bond donors (Lipinski definition) is 1. The molecule has 0 bridgehead atoms. The number of fused-ring (bicyclic) bond motifs is 1. The number of nitrogens with zero attached hydrogens (tertiary/aromatic N) is 2. The zero-order valence-electron chi connectivity index (χ0n) is 16.8. The lowest BCUT2D eigenvalue weighted by Crippen LogP contribution is -2.31. The number of aromatic nitrogens is 2. The number of carbonyl (C=O) groups is 2. The number of carbonyl (C=O) groups excluding carboxylic acids is 2. The van der Waals surface area contributed by atoms with Crippen LogP contribution in [0.3, 0.4) is 0 Å². The van der Waals surface area contributed by atoms with Gasteiger partial charge in [0.25, 0.3) is 11.5 Å². The average Bonchev–Trinajstić information content (AvgIpc) is 2.70. The highest BCUT2D eigenvalue weighted by molar-refractivity contribution is 6.03. The van der Waals surface area contributed by atoms with E-state index in [1.54, 1.807) is 24.3 Å². The van der Waals surface area contributed by atoms with Crippen molar-refractivity contribution in [3.63, 3.8) is 0 Å². The van der Waals surface area contributed by atoms with E-state index in [1.807, 2.05) is 38.1 Å². The molecule has 0 radical (unpaired) electrons. The van der Waals surface area contributed by atoms with Crippen molar-refractivity contribution in [1.29, 1.82) is 0 Å². The molecule has 1 atom stereocenters. The number of benzene rings is 2. The number of aryl methyl sites for hydroxylation is 1. The summed E-state index contributed by atoms with van der Waals surface area (Å²) in [4.78, 5) is 37.5. The monoisotopic (exact) mass is 393 g/mol. The zero-order valence-corrected chi connectivity index (χ0v) is 16.8. The normalized spacial score (nSPS) is 12.0. The molecule has 0 aliphatic heterocycles. The van der Waals surface area contributed by atoms with Gasteiger partial charge in [0.05, 0.1) is 5.39 Å². The highest BCUT2D eigenvalue weighted by Gasteiger charge is 2.23. The van der Waals surface area contributed by atoms with E-state index in [2.05, 4.69) is 10.4 Å². The van der Waals surface area contributed by atoms with E-state index in [9.17, 15) is 14.4 Å². The molecule has 0 aliphatic carbocycles. The Kier molecular flexibility index (Phi) is 5.77. The van der Waals surface area contributed by atoms with E-state index in [1.165, 1.54) is 14.0 Å². The van der Waals surface area contributed by atoms with Crippen LogP contribution >= 0.6 is 0 Å². The Hall–Kier alpha value is -3.48. The second-order valence-corrected chi connectivity index (χ2v) is 7.10. The minimum absolute atomic E-state index is 0.00932. The number of anilines is 1. The van der Waals surface area contributed by atoms with Crippen LogP contribution in [0.25, 0.3) is 10.8 Å². The maximum Gasteiger partial charge on any atom is 0.360 e. The Balaban J connectivity index is 1.81. The molecule has 1 N–H and O–H groups in total. The lowest BCUT2D eigenvalue weighted by molar-refractivity contribution is -0.123. The second-order valence-electron chi connectivity index (χ2n) is 7.10. The quantitative estimate of drug-likeness (QED) is 0.672. The predicted molar refractivity (Wildman–Crippen MR) is 111 cm³/mol. The maximum absolute atomic E-state index is 12.7. The topological polar surface area (TPSA) is 90.3 Å². The van der Waals surface area contributed by atoms with Gasteiger partial charge in [-0.3, -0.25) is 9.59 Å². The van der Waals surface area contributed by atoms with Crippen LogP contribution in [0.1, 0.15) is 42.7 Å². The lowest BCUT2D eigenvalue weighted by Gasteiger charge is -2.17. The first-order valence-electron chi connectivity index (χ1n) is 9.36. The summed E-state index contributed by atoms with van der Waals surface area (Å²) < 4.78 is 6.43. The van der Waals surface area contributed by atoms with Crippen molar-refractivity contribution >= 4 is 28.3 Å². The third kappa shape index (κ3) is 4.18. The van der Waals surface area contributed by atoms with Gasteiger partial charge in [-0.1, -0.05) is 50.2 Å². The summed E-state index contributed by atoms with van der Waals surface area (Å²) in [5, 5.41) is 7.60. The van der Waals surface area contributed by atoms with Gasteiger partial charge in [-0.05, 0) is 30.5 Å². The second kappa shape index (κ2) is 8.26. The summed E-state index contributed by atoms with van der Waals surface area (Å²) in [5.41, 5.74) is 1.35. The van der Waals surface area contributed by atoms with Gasteiger partial charge in [0.15, 0.2) is 11.8 Å². The molecular formula is C22H23N3O4. The molecule has 150 valence electrons. The summed E-state index contributed by atoms with van der Waals surface area (Å²) in [6.07, 6.45) is -1.04. The number of rotatable bonds is 5. The van der Waals surface area contributed by atoms with E-state index in [-0.39, 0.29) is 17.2 Å². The molecule has 0 spiro atoms. The number of ether oxygens (including phenoxy) is 1. The van der Waals surface area contributed by atoms with Crippen molar-refractivity contribution < 1.29 is 14.3 Å². The fraction of sp³-hybridized carbons (Fsp3) is 0.273. The first kappa shape index (κ1) is 20.3. The number of para-hydroxylation sites is 1. The molecular weight excluding hydrogens is 370 g/mol. The molecule has 0 saturated heterocycles. The van der Waals surface area contributed by atoms with Gasteiger partial charge in [0, 0.05) is 18.1 Å². The first-order chi connectivity index (χ1) is 13.8. The Labute approximate surface area is 168 Å². The van der Waals surface area contributed by atoms with Gasteiger partial charge in [-0.2, -0.15) is 5.10 Å². The van der Waals surface area contributed by atoms with Crippen LogP contribution in [-0.2, 0) is 16.6 Å². The van der Waals surface area contributed by atoms with Crippen LogP contribution in [0.4, 0.5) is 5.69 Å². The lowest BCUT2D eigenvalue weighted by atomic mass is 10.0. The van der Waals surface area contributed by atoms with Gasteiger partial charge in [-0.25, -0.2) is 9.48 Å². The molecule has 7 heteroatoms. The SMILES string of the molecule is CC(C)c1ccccc1NC(=O)[C@H](C)OC(=O)c1nn(C)c(=O)c2ccccc12. The zero-order chi connectivity index (χ0) is 21.1. The molecule has 0 aliphatic rings. The van der Waals surface area contributed by atoms with Gasteiger partial charge in [0.2, 0.25) is 0 Å². The molecule has 3 aromatic rings. The molecule has 1 aromatic heterocycles. The molecule has 0 fully saturated rings. The molecule has 7 nitrogen and oxygen atoms in total. The number of nitrogens with one attached hydrogen (secondary N) is 1. The van der Waals surface area contributed by atoms with Crippen molar-refractivity contribution in [2.45, 2.75) is 32.8 Å². The van der Waals surface area contributed by atoms with Gasteiger partial charge < -0.3 is 10.1 Å². The Morgan fingerprint density at radius 1 is 1.00 bits per heavy atom. The standard InChI is InChI=1S/C22H23N3O4/c1-13(2)15-9-7-8-12-18(15)23-20(26)14(3)29-22(28)19-16-10-5-6-11-17(16)21(27)25(4)24-19/h5-14H,1-4H3,(H,23,26)/t14-/m0/s1. The van der Waals surface area contributed by atoms with Crippen molar-refractivity contribution in [2.24, 2.45) is 7.05 Å². The molecule has 0 saturated carbocycles. The van der Waals surface area contributed by atoms with Crippen LogP contribution in [0, 0.1) is 0 Å². The van der Waals surface area contributed by atoms with Gasteiger partial charge in [-0.15, -0.1) is 0 Å². The predicted octanol–water partition coefficient (Wildman–Crippen LogP) is 3.24. The minimum atomic E-state index is -1.04. The summed E-state index contributed by atoms with van der Waals surface area (Å²) in [6.45, 7) is 5.56. The first-order valence-corrected chi connectivity index (χ1v) is 9.36. The number of hydrogen-bond acceptors (Lipinski definition) is 5. The Morgan fingerprint density at radius 2 is 1.62 bits per heavy atom. The summed E-state index contributed by atoms with van der Waals surface area (Å²) >= 11 is 0. The smallest absolute Gasteiger partial charge is 0.360 e. The van der Waals surface area contributed by atoms with Crippen molar-refractivity contribution in [3.05, 3.63) is 70.1 Å². The highest BCUT2D eigenvalue weighted by Crippen LogP contribution is 2.24. The van der Waals surface area contributed by atoms with Crippen molar-refractivity contribution in [1.82, 2.24) is 9.78 Å². The van der Waals surface area contributed by atoms with Crippen LogP contribution < -0.4 is 10.9 Å². The van der Waals surface area contributed by atoms with Gasteiger partial charge >= 0.3 is 5.97 Å². The highest BCUT2D eigenvalue weighted by atomic mass is 16.5. The molecule has 1 heterocycles.